The van der Waals surface area contributed by atoms with Gasteiger partial charge in [0.05, 0.1) is 5.92 Å². The number of halogens is 1. The number of carbonyl (C=O) groups excluding carboxylic acids is 2. The Balaban J connectivity index is 1.68. The summed E-state index contributed by atoms with van der Waals surface area (Å²) in [7, 11) is 0. The molecule has 0 spiro atoms. The monoisotopic (exact) mass is 330 g/mol. The van der Waals surface area contributed by atoms with E-state index in [0.717, 1.165) is 5.69 Å². The van der Waals surface area contributed by atoms with Crippen LogP contribution < -0.4 is 10.2 Å². The zero-order valence-corrected chi connectivity index (χ0v) is 13.0. The highest BCUT2D eigenvalue weighted by Crippen LogP contribution is 2.27. The van der Waals surface area contributed by atoms with Crippen molar-refractivity contribution in [3.8, 4) is 5.75 Å². The minimum Gasteiger partial charge on any atom is -0.508 e. The van der Waals surface area contributed by atoms with Crippen LogP contribution in [0.15, 0.2) is 48.5 Å². The average Bonchev–Trinajstić information content (AvgIpc) is 2.92. The SMILES string of the molecule is O=C(Nc1ccc(O)cc1)C1CC(=O)N(c2ccc(Cl)cc2)C1. The fraction of sp³-hybridized carbons (Fsp3) is 0.176. The summed E-state index contributed by atoms with van der Waals surface area (Å²) in [5.41, 5.74) is 1.32. The summed E-state index contributed by atoms with van der Waals surface area (Å²) >= 11 is 5.85. The van der Waals surface area contributed by atoms with Crippen LogP contribution in [0.25, 0.3) is 0 Å². The number of carbonyl (C=O) groups is 2. The summed E-state index contributed by atoms with van der Waals surface area (Å²) < 4.78 is 0. The number of phenolic OH excluding ortho intramolecular Hbond substituents is 1. The van der Waals surface area contributed by atoms with Gasteiger partial charge in [0, 0.05) is 29.4 Å². The second-order valence-corrected chi connectivity index (χ2v) is 5.85. The van der Waals surface area contributed by atoms with Gasteiger partial charge in [-0.3, -0.25) is 9.59 Å². The first-order valence-corrected chi connectivity index (χ1v) is 7.56. The second-order valence-electron chi connectivity index (χ2n) is 5.42. The Morgan fingerprint density at radius 3 is 2.43 bits per heavy atom. The molecule has 2 aromatic rings. The lowest BCUT2D eigenvalue weighted by atomic mass is 10.1. The molecule has 1 atom stereocenters. The van der Waals surface area contributed by atoms with Crippen molar-refractivity contribution in [1.82, 2.24) is 0 Å². The fourth-order valence-electron chi connectivity index (χ4n) is 2.54. The van der Waals surface area contributed by atoms with Crippen molar-refractivity contribution in [2.24, 2.45) is 5.92 Å². The highest BCUT2D eigenvalue weighted by Gasteiger charge is 2.35. The van der Waals surface area contributed by atoms with Gasteiger partial charge < -0.3 is 15.3 Å². The summed E-state index contributed by atoms with van der Waals surface area (Å²) in [4.78, 5) is 26.0. The molecule has 0 aromatic heterocycles. The lowest BCUT2D eigenvalue weighted by Crippen LogP contribution is -2.28. The Hall–Kier alpha value is -2.53. The third kappa shape index (κ3) is 3.46. The van der Waals surface area contributed by atoms with Crippen LogP contribution in [0.5, 0.6) is 5.75 Å². The van der Waals surface area contributed by atoms with Gasteiger partial charge in [0.15, 0.2) is 0 Å². The van der Waals surface area contributed by atoms with Crippen molar-refractivity contribution in [3.05, 3.63) is 53.6 Å². The van der Waals surface area contributed by atoms with E-state index >= 15 is 0 Å². The molecule has 118 valence electrons. The van der Waals surface area contributed by atoms with Crippen LogP contribution in [0, 0.1) is 5.92 Å². The normalized spacial score (nSPS) is 17.3. The lowest BCUT2D eigenvalue weighted by molar-refractivity contribution is -0.122. The number of rotatable bonds is 3. The van der Waals surface area contributed by atoms with Crippen molar-refractivity contribution in [3.63, 3.8) is 0 Å². The van der Waals surface area contributed by atoms with E-state index in [4.69, 9.17) is 11.6 Å². The first-order chi connectivity index (χ1) is 11.0. The fourth-order valence-corrected chi connectivity index (χ4v) is 2.67. The van der Waals surface area contributed by atoms with Crippen LogP contribution in [0.2, 0.25) is 5.02 Å². The molecule has 0 aliphatic carbocycles. The highest BCUT2D eigenvalue weighted by atomic mass is 35.5. The Kier molecular flexibility index (Phi) is 4.21. The average molecular weight is 331 g/mol. The maximum Gasteiger partial charge on any atom is 0.229 e. The van der Waals surface area contributed by atoms with E-state index in [1.54, 1.807) is 41.3 Å². The van der Waals surface area contributed by atoms with Crippen molar-refractivity contribution < 1.29 is 14.7 Å². The summed E-state index contributed by atoms with van der Waals surface area (Å²) in [5, 5.41) is 12.6. The van der Waals surface area contributed by atoms with Gasteiger partial charge in [-0.05, 0) is 48.5 Å². The number of hydrogen-bond acceptors (Lipinski definition) is 3. The van der Waals surface area contributed by atoms with Crippen molar-refractivity contribution in [1.29, 1.82) is 0 Å². The second kappa shape index (κ2) is 6.30. The predicted molar refractivity (Wildman–Crippen MR) is 88.6 cm³/mol. The summed E-state index contributed by atoms with van der Waals surface area (Å²) in [6.07, 6.45) is 0.173. The third-order valence-electron chi connectivity index (χ3n) is 3.77. The standard InChI is InChI=1S/C17H15ClN2O3/c18-12-1-5-14(6-2-12)20-10-11(9-16(20)22)17(23)19-13-3-7-15(21)8-4-13/h1-8,11,21H,9-10H2,(H,19,23). The van der Waals surface area contributed by atoms with Crippen molar-refractivity contribution in [2.75, 3.05) is 16.8 Å². The van der Waals surface area contributed by atoms with E-state index in [1.165, 1.54) is 12.1 Å². The van der Waals surface area contributed by atoms with E-state index < -0.39 is 5.92 Å². The molecule has 0 radical (unpaired) electrons. The molecule has 5 nitrogen and oxygen atoms in total. The molecule has 0 saturated carbocycles. The third-order valence-corrected chi connectivity index (χ3v) is 4.02. The van der Waals surface area contributed by atoms with Gasteiger partial charge in [-0.1, -0.05) is 11.6 Å². The number of nitrogens with zero attached hydrogens (tertiary/aromatic N) is 1. The van der Waals surface area contributed by atoms with Crippen molar-refractivity contribution >= 4 is 34.8 Å². The van der Waals surface area contributed by atoms with E-state index in [1.807, 2.05) is 0 Å². The molecule has 2 N–H and O–H groups in total. The van der Waals surface area contributed by atoms with E-state index in [-0.39, 0.29) is 24.0 Å². The molecule has 6 heteroatoms. The smallest absolute Gasteiger partial charge is 0.229 e. The summed E-state index contributed by atoms with van der Waals surface area (Å²) in [6.45, 7) is 0.338. The van der Waals surface area contributed by atoms with Crippen LogP contribution in [0.3, 0.4) is 0 Å². The molecule has 1 aliphatic rings. The van der Waals surface area contributed by atoms with Crippen LogP contribution in [-0.4, -0.2) is 23.5 Å². The van der Waals surface area contributed by atoms with E-state index in [2.05, 4.69) is 5.32 Å². The van der Waals surface area contributed by atoms with Gasteiger partial charge in [-0.15, -0.1) is 0 Å². The quantitative estimate of drug-likeness (QED) is 0.850. The Labute approximate surface area is 138 Å². The predicted octanol–water partition coefficient (Wildman–Crippen LogP) is 3.04. The van der Waals surface area contributed by atoms with Gasteiger partial charge in [-0.2, -0.15) is 0 Å². The molecular weight excluding hydrogens is 316 g/mol. The lowest BCUT2D eigenvalue weighted by Gasteiger charge is -2.16. The zero-order chi connectivity index (χ0) is 16.4. The van der Waals surface area contributed by atoms with Gasteiger partial charge in [0.1, 0.15) is 5.75 Å². The van der Waals surface area contributed by atoms with Gasteiger partial charge in [0.2, 0.25) is 11.8 Å². The zero-order valence-electron chi connectivity index (χ0n) is 12.2. The maximum atomic E-state index is 12.3. The summed E-state index contributed by atoms with van der Waals surface area (Å²) in [6, 6.07) is 13.2. The van der Waals surface area contributed by atoms with Crippen molar-refractivity contribution in [2.45, 2.75) is 6.42 Å². The number of aromatic hydroxyl groups is 1. The number of nitrogens with one attached hydrogen (secondary N) is 1. The highest BCUT2D eigenvalue weighted by molar-refractivity contribution is 6.30. The first kappa shape index (κ1) is 15.4. The molecule has 2 aromatic carbocycles. The Morgan fingerprint density at radius 2 is 1.78 bits per heavy atom. The molecule has 23 heavy (non-hydrogen) atoms. The number of hydrogen-bond donors (Lipinski definition) is 2. The Bertz CT molecular complexity index is 729. The van der Waals surface area contributed by atoms with Crippen LogP contribution in [0.1, 0.15) is 6.42 Å². The molecule has 1 unspecified atom stereocenters. The molecule has 1 fully saturated rings. The topological polar surface area (TPSA) is 69.6 Å². The molecule has 2 amide bonds. The Morgan fingerprint density at radius 1 is 1.13 bits per heavy atom. The van der Waals surface area contributed by atoms with Crippen LogP contribution in [0.4, 0.5) is 11.4 Å². The van der Waals surface area contributed by atoms with Crippen LogP contribution in [-0.2, 0) is 9.59 Å². The molecule has 1 heterocycles. The molecule has 1 saturated heterocycles. The first-order valence-electron chi connectivity index (χ1n) is 7.19. The minimum absolute atomic E-state index is 0.0850. The maximum absolute atomic E-state index is 12.3. The summed E-state index contributed by atoms with van der Waals surface area (Å²) in [5.74, 6) is -0.571. The number of benzene rings is 2. The number of phenols is 1. The molecule has 1 aliphatic heterocycles. The number of anilines is 2. The van der Waals surface area contributed by atoms with Crippen LogP contribution >= 0.6 is 11.6 Å². The minimum atomic E-state index is -0.410. The molecular formula is C17H15ClN2O3. The van der Waals surface area contributed by atoms with Gasteiger partial charge in [0.25, 0.3) is 0 Å². The van der Waals surface area contributed by atoms with E-state index in [9.17, 15) is 14.7 Å². The van der Waals surface area contributed by atoms with Gasteiger partial charge in [-0.25, -0.2) is 0 Å². The molecule has 0 bridgehead atoms. The molecule has 3 rings (SSSR count). The van der Waals surface area contributed by atoms with Gasteiger partial charge >= 0.3 is 0 Å². The van der Waals surface area contributed by atoms with E-state index in [0.29, 0.717) is 17.3 Å². The largest absolute Gasteiger partial charge is 0.508 e. The number of amides is 2.